The summed E-state index contributed by atoms with van der Waals surface area (Å²) in [6.45, 7) is 13.5. The molecule has 0 aliphatic heterocycles. The van der Waals surface area contributed by atoms with Crippen molar-refractivity contribution in [2.45, 2.75) is 84.4 Å². The van der Waals surface area contributed by atoms with Crippen LogP contribution in [0.25, 0.3) is 22.1 Å². The van der Waals surface area contributed by atoms with Crippen LogP contribution in [-0.2, 0) is 40.5 Å². The largest absolute Gasteiger partial charge is 0.598 e. The molecule has 4 rings (SSSR count). The van der Waals surface area contributed by atoms with E-state index in [2.05, 4.69) is 10.0 Å². The second kappa shape index (κ2) is 14.0. The number of alkyl carbamates (subject to hydrolysis) is 1. The maximum atomic E-state index is 12.8. The molecular weight excluding hydrogens is 592 g/mol. The molecule has 1 aromatic heterocycles. The van der Waals surface area contributed by atoms with Gasteiger partial charge in [-0.25, -0.2) is 4.79 Å². The van der Waals surface area contributed by atoms with Gasteiger partial charge in [-0.15, -0.1) is 4.72 Å². The van der Waals surface area contributed by atoms with Crippen molar-refractivity contribution in [1.29, 1.82) is 0 Å². The summed E-state index contributed by atoms with van der Waals surface area (Å²) < 4.78 is 33.4. The molecule has 0 saturated heterocycles. The van der Waals surface area contributed by atoms with Gasteiger partial charge in [0.2, 0.25) is 0 Å². The van der Waals surface area contributed by atoms with Crippen molar-refractivity contribution >= 4 is 34.4 Å². The van der Waals surface area contributed by atoms with Gasteiger partial charge in [0.15, 0.2) is 0 Å². The number of carboxylic acids is 1. The predicted octanol–water partition coefficient (Wildman–Crippen LogP) is 7.44. The molecule has 1 unspecified atom stereocenters. The summed E-state index contributed by atoms with van der Waals surface area (Å²) in [6, 6.07) is 20.5. The standard InChI is InChI=1S/C35H42N2O7S/c1-22(37-45(41)35(5,6)7)30-18-27-16-24(21-42-29-14-9-8-12-26(29)19-31(38)39)17-28(32(27)43-30)25-13-10-11-23(15-25)20-36-33(40)44-34(2,3)4/h8-18,22,37H,19-21H2,1-7H3,(H,36,40)(H,38,39)/t22-,45?/m0/s1. The normalized spacial score (nSPS) is 13.3. The summed E-state index contributed by atoms with van der Waals surface area (Å²) in [5.74, 6) is 0.209. The summed E-state index contributed by atoms with van der Waals surface area (Å²) in [7, 11) is 0. The lowest BCUT2D eigenvalue weighted by molar-refractivity contribution is -0.136. The second-order valence-corrected chi connectivity index (χ2v) is 15.0. The average molecular weight is 635 g/mol. The molecule has 10 heteroatoms. The van der Waals surface area contributed by atoms with E-state index in [0.717, 1.165) is 27.6 Å². The molecule has 9 nitrogen and oxygen atoms in total. The van der Waals surface area contributed by atoms with Gasteiger partial charge >= 0.3 is 12.1 Å². The van der Waals surface area contributed by atoms with Crippen molar-refractivity contribution in [3.8, 4) is 16.9 Å². The van der Waals surface area contributed by atoms with Crippen LogP contribution in [-0.4, -0.2) is 32.1 Å². The fraction of sp³-hybridized carbons (Fsp3) is 0.371. The zero-order chi connectivity index (χ0) is 32.9. The Kier molecular flexibility index (Phi) is 10.5. The molecule has 3 aromatic carbocycles. The highest BCUT2D eigenvalue weighted by Gasteiger charge is 2.29. The number of furan rings is 1. The van der Waals surface area contributed by atoms with E-state index in [-0.39, 0.29) is 25.6 Å². The van der Waals surface area contributed by atoms with Crippen LogP contribution >= 0.6 is 0 Å². The van der Waals surface area contributed by atoms with Crippen molar-refractivity contribution in [2.24, 2.45) is 0 Å². The second-order valence-electron chi connectivity index (χ2n) is 13.0. The Hall–Kier alpha value is -3.99. The van der Waals surface area contributed by atoms with Gasteiger partial charge in [0, 0.05) is 34.4 Å². The summed E-state index contributed by atoms with van der Waals surface area (Å²) in [6.07, 6.45) is -0.640. The Morgan fingerprint density at radius 1 is 0.978 bits per heavy atom. The first-order valence-electron chi connectivity index (χ1n) is 14.8. The maximum absolute atomic E-state index is 12.8. The third-order valence-electron chi connectivity index (χ3n) is 6.74. The highest BCUT2D eigenvalue weighted by Crippen LogP contribution is 2.36. The van der Waals surface area contributed by atoms with E-state index >= 15 is 0 Å². The molecule has 0 aliphatic carbocycles. The highest BCUT2D eigenvalue weighted by atomic mass is 32.2. The Morgan fingerprint density at radius 2 is 1.71 bits per heavy atom. The van der Waals surface area contributed by atoms with Crippen molar-refractivity contribution < 1.29 is 33.1 Å². The van der Waals surface area contributed by atoms with Crippen LogP contribution in [0.5, 0.6) is 5.75 Å². The summed E-state index contributed by atoms with van der Waals surface area (Å²) in [5.41, 5.74) is 4.07. The van der Waals surface area contributed by atoms with Crippen LogP contribution in [0, 0.1) is 0 Å². The van der Waals surface area contributed by atoms with Crippen molar-refractivity contribution in [3.63, 3.8) is 0 Å². The number of aliphatic carboxylic acids is 1. The van der Waals surface area contributed by atoms with E-state index < -0.39 is 33.8 Å². The first-order valence-corrected chi connectivity index (χ1v) is 16.0. The fourth-order valence-electron chi connectivity index (χ4n) is 4.59. The number of rotatable bonds is 11. The molecule has 0 spiro atoms. The van der Waals surface area contributed by atoms with E-state index in [4.69, 9.17) is 13.9 Å². The van der Waals surface area contributed by atoms with Gasteiger partial charge in [-0.3, -0.25) is 4.79 Å². The van der Waals surface area contributed by atoms with Crippen LogP contribution in [0.4, 0.5) is 4.79 Å². The topological polar surface area (TPSA) is 133 Å². The molecular formula is C35H42N2O7S. The van der Waals surface area contributed by atoms with Gasteiger partial charge in [-0.2, -0.15) is 0 Å². The lowest BCUT2D eigenvalue weighted by Crippen LogP contribution is -2.40. The Balaban J connectivity index is 1.69. The molecule has 0 fully saturated rings. The van der Waals surface area contributed by atoms with Crippen LogP contribution in [0.2, 0.25) is 0 Å². The third kappa shape index (κ3) is 9.50. The Morgan fingerprint density at radius 3 is 2.40 bits per heavy atom. The van der Waals surface area contributed by atoms with Crippen molar-refractivity contribution in [2.75, 3.05) is 0 Å². The quantitative estimate of drug-likeness (QED) is 0.145. The monoisotopic (exact) mass is 634 g/mol. The molecule has 1 heterocycles. The molecule has 45 heavy (non-hydrogen) atoms. The highest BCUT2D eigenvalue weighted by molar-refractivity contribution is 7.90. The number of benzene rings is 3. The molecule has 0 saturated carbocycles. The van der Waals surface area contributed by atoms with Gasteiger partial charge in [0.1, 0.15) is 40.1 Å². The van der Waals surface area contributed by atoms with Gasteiger partial charge in [0.05, 0.1) is 6.42 Å². The number of hydrogen-bond donors (Lipinski definition) is 3. The summed E-state index contributed by atoms with van der Waals surface area (Å²) in [4.78, 5) is 23.6. The number of ether oxygens (including phenoxy) is 2. The minimum absolute atomic E-state index is 0.142. The number of fused-ring (bicyclic) bond motifs is 1. The summed E-state index contributed by atoms with van der Waals surface area (Å²) >= 11 is -1.30. The molecule has 2 atom stereocenters. The minimum Gasteiger partial charge on any atom is -0.598 e. The first kappa shape index (κ1) is 33.9. The van der Waals surface area contributed by atoms with E-state index in [9.17, 15) is 19.2 Å². The maximum Gasteiger partial charge on any atom is 0.407 e. The minimum atomic E-state index is -1.30. The average Bonchev–Trinajstić information content (AvgIpc) is 3.38. The first-order chi connectivity index (χ1) is 21.1. The molecule has 0 radical (unpaired) electrons. The van der Waals surface area contributed by atoms with E-state index in [1.807, 2.05) is 97.0 Å². The number of hydrogen-bond acceptors (Lipinski definition) is 7. The van der Waals surface area contributed by atoms with Crippen molar-refractivity contribution in [1.82, 2.24) is 10.0 Å². The number of amides is 1. The summed E-state index contributed by atoms with van der Waals surface area (Å²) in [5, 5.41) is 13.0. The molecule has 1 amide bonds. The molecule has 3 N–H and O–H groups in total. The molecule has 0 bridgehead atoms. The number of carbonyl (C=O) groups is 2. The zero-order valence-corrected chi connectivity index (χ0v) is 27.7. The Labute approximate surface area is 267 Å². The SMILES string of the molecule is C[C@H](N[S+]([O-])C(C)(C)C)c1cc2cc(COc3ccccc3CC(=O)O)cc(-c3cccc(CNC(=O)OC(C)(C)C)c3)c2o1. The van der Waals surface area contributed by atoms with Gasteiger partial charge in [-0.1, -0.05) is 36.4 Å². The fourth-order valence-corrected chi connectivity index (χ4v) is 5.38. The van der Waals surface area contributed by atoms with Gasteiger partial charge < -0.3 is 28.9 Å². The van der Waals surface area contributed by atoms with Gasteiger partial charge in [-0.05, 0) is 95.5 Å². The number of carboxylic acid groups (broad SMARTS) is 1. The number of para-hydroxylation sites is 1. The van der Waals surface area contributed by atoms with Crippen molar-refractivity contribution in [3.05, 3.63) is 89.2 Å². The lowest BCUT2D eigenvalue weighted by atomic mass is 9.98. The van der Waals surface area contributed by atoms with Crippen LogP contribution in [0.15, 0.2) is 71.1 Å². The van der Waals surface area contributed by atoms with Gasteiger partial charge in [0.25, 0.3) is 0 Å². The Bertz CT molecular complexity index is 1650. The van der Waals surface area contributed by atoms with E-state index in [0.29, 0.717) is 22.7 Å². The van der Waals surface area contributed by atoms with Crippen LogP contribution in [0.1, 0.15) is 77.0 Å². The number of nitrogens with one attached hydrogen (secondary N) is 2. The molecule has 240 valence electrons. The van der Waals surface area contributed by atoms with E-state index in [1.165, 1.54) is 0 Å². The van der Waals surface area contributed by atoms with Crippen LogP contribution in [0.3, 0.4) is 0 Å². The third-order valence-corrected chi connectivity index (χ3v) is 8.42. The number of carbonyl (C=O) groups excluding carboxylic acids is 1. The zero-order valence-electron chi connectivity index (χ0n) is 26.9. The lowest BCUT2D eigenvalue weighted by Gasteiger charge is -2.25. The van der Waals surface area contributed by atoms with Crippen LogP contribution < -0.4 is 14.8 Å². The molecule has 4 aromatic rings. The smallest absolute Gasteiger partial charge is 0.407 e. The van der Waals surface area contributed by atoms with E-state index in [1.54, 1.807) is 18.2 Å². The predicted molar refractivity (Wildman–Crippen MR) is 176 cm³/mol. The molecule has 0 aliphatic rings.